The zero-order valence-corrected chi connectivity index (χ0v) is 10.8. The first-order valence-corrected chi connectivity index (χ1v) is 6.40. The number of benzene rings is 1. The lowest BCUT2D eigenvalue weighted by Gasteiger charge is -2.30. The van der Waals surface area contributed by atoms with Gasteiger partial charge in [0.1, 0.15) is 5.82 Å². The Kier molecular flexibility index (Phi) is 3.88. The fraction of sp³-hybridized carbons (Fsp3) is 0.571. The van der Waals surface area contributed by atoms with E-state index in [2.05, 4.69) is 6.92 Å². The van der Waals surface area contributed by atoms with Crippen LogP contribution >= 0.6 is 0 Å². The molecule has 0 radical (unpaired) electrons. The van der Waals surface area contributed by atoms with E-state index in [0.29, 0.717) is 23.7 Å². The molecule has 3 atom stereocenters. The summed E-state index contributed by atoms with van der Waals surface area (Å²) in [6.07, 6.45) is 0.213. The van der Waals surface area contributed by atoms with Gasteiger partial charge in [-0.05, 0) is 25.3 Å². The number of para-hydroxylation sites is 1. The average Bonchev–Trinajstić information content (AvgIpc) is 2.69. The number of rotatable bonds is 3. The average molecular weight is 253 g/mol. The third kappa shape index (κ3) is 2.22. The van der Waals surface area contributed by atoms with Crippen LogP contribution in [0.25, 0.3) is 0 Å². The van der Waals surface area contributed by atoms with Crippen molar-refractivity contribution >= 4 is 5.69 Å². The molecule has 1 aliphatic heterocycles. The van der Waals surface area contributed by atoms with Crippen LogP contribution in [-0.4, -0.2) is 29.4 Å². The maximum absolute atomic E-state index is 14.1. The SMILES string of the molecule is CC1CCN(c2c(F)cccc2[C@@H](C)O)C1CO. The first-order valence-electron chi connectivity index (χ1n) is 6.40. The minimum absolute atomic E-state index is 0.00868. The molecule has 0 bridgehead atoms. The van der Waals surface area contributed by atoms with Gasteiger partial charge in [-0.2, -0.15) is 0 Å². The second-order valence-electron chi connectivity index (χ2n) is 5.06. The zero-order chi connectivity index (χ0) is 13.3. The van der Waals surface area contributed by atoms with E-state index in [0.717, 1.165) is 6.42 Å². The Labute approximate surface area is 107 Å². The van der Waals surface area contributed by atoms with Crippen LogP contribution in [0.2, 0.25) is 0 Å². The summed E-state index contributed by atoms with van der Waals surface area (Å²) >= 11 is 0. The first kappa shape index (κ1) is 13.3. The lowest BCUT2D eigenvalue weighted by Crippen LogP contribution is -2.36. The molecule has 2 N–H and O–H groups in total. The molecule has 3 nitrogen and oxygen atoms in total. The highest BCUT2D eigenvalue weighted by molar-refractivity contribution is 5.57. The van der Waals surface area contributed by atoms with Crippen LogP contribution < -0.4 is 4.90 Å². The number of hydrogen-bond acceptors (Lipinski definition) is 3. The lowest BCUT2D eigenvalue weighted by atomic mass is 10.0. The van der Waals surface area contributed by atoms with E-state index in [1.54, 1.807) is 19.1 Å². The minimum atomic E-state index is -0.717. The summed E-state index contributed by atoms with van der Waals surface area (Å²) in [7, 11) is 0. The molecule has 4 heteroatoms. The third-order valence-corrected chi connectivity index (χ3v) is 3.82. The Balaban J connectivity index is 2.44. The molecule has 2 unspecified atom stereocenters. The van der Waals surface area contributed by atoms with Crippen LogP contribution in [0.5, 0.6) is 0 Å². The number of aliphatic hydroxyl groups excluding tert-OH is 2. The largest absolute Gasteiger partial charge is 0.394 e. The van der Waals surface area contributed by atoms with Crippen molar-refractivity contribution in [3.8, 4) is 0 Å². The molecule has 1 aromatic carbocycles. The summed E-state index contributed by atoms with van der Waals surface area (Å²) in [5.41, 5.74) is 1.03. The maximum atomic E-state index is 14.1. The Morgan fingerprint density at radius 2 is 2.22 bits per heavy atom. The Morgan fingerprint density at radius 1 is 1.50 bits per heavy atom. The second-order valence-corrected chi connectivity index (χ2v) is 5.06. The summed E-state index contributed by atoms with van der Waals surface area (Å²) < 4.78 is 14.1. The van der Waals surface area contributed by atoms with Gasteiger partial charge in [-0.1, -0.05) is 19.1 Å². The van der Waals surface area contributed by atoms with E-state index >= 15 is 0 Å². The topological polar surface area (TPSA) is 43.7 Å². The molecule has 1 heterocycles. The van der Waals surface area contributed by atoms with E-state index in [9.17, 15) is 14.6 Å². The molecule has 1 aromatic rings. The smallest absolute Gasteiger partial charge is 0.146 e. The monoisotopic (exact) mass is 253 g/mol. The van der Waals surface area contributed by atoms with Crippen molar-refractivity contribution in [1.82, 2.24) is 0 Å². The van der Waals surface area contributed by atoms with Gasteiger partial charge in [0.05, 0.1) is 24.4 Å². The maximum Gasteiger partial charge on any atom is 0.146 e. The van der Waals surface area contributed by atoms with Gasteiger partial charge in [0, 0.05) is 12.1 Å². The number of halogens is 1. The van der Waals surface area contributed by atoms with Crippen molar-refractivity contribution in [2.45, 2.75) is 32.4 Å². The van der Waals surface area contributed by atoms with E-state index in [1.807, 2.05) is 4.90 Å². The molecular weight excluding hydrogens is 233 g/mol. The number of nitrogens with zero attached hydrogens (tertiary/aromatic N) is 1. The predicted octanol–water partition coefficient (Wildman–Crippen LogP) is 2.09. The summed E-state index contributed by atoms with van der Waals surface area (Å²) in [6, 6.07) is 4.67. The standard InChI is InChI=1S/C14H20FNO2/c1-9-6-7-16(13(9)8-17)14-11(10(2)18)4-3-5-12(14)15/h3-5,9-10,13,17-18H,6-8H2,1-2H3/t9?,10-,13?/m1/s1. The molecule has 0 spiro atoms. The predicted molar refractivity (Wildman–Crippen MR) is 69.0 cm³/mol. The quantitative estimate of drug-likeness (QED) is 0.867. The van der Waals surface area contributed by atoms with Crippen LogP contribution in [-0.2, 0) is 0 Å². The van der Waals surface area contributed by atoms with Crippen molar-refractivity contribution in [1.29, 1.82) is 0 Å². The molecule has 0 amide bonds. The van der Waals surface area contributed by atoms with Gasteiger partial charge in [0.25, 0.3) is 0 Å². The molecule has 0 aromatic heterocycles. The van der Waals surface area contributed by atoms with E-state index in [4.69, 9.17) is 0 Å². The van der Waals surface area contributed by atoms with Crippen molar-refractivity contribution in [2.75, 3.05) is 18.1 Å². The fourth-order valence-corrected chi connectivity index (χ4v) is 2.74. The number of anilines is 1. The minimum Gasteiger partial charge on any atom is -0.394 e. The molecule has 2 rings (SSSR count). The molecular formula is C14H20FNO2. The number of aliphatic hydroxyl groups is 2. The van der Waals surface area contributed by atoms with Gasteiger partial charge >= 0.3 is 0 Å². The molecule has 0 saturated carbocycles. The fourth-order valence-electron chi connectivity index (χ4n) is 2.74. The highest BCUT2D eigenvalue weighted by Crippen LogP contribution is 2.36. The Bertz CT molecular complexity index is 422. The van der Waals surface area contributed by atoms with Crippen molar-refractivity contribution in [3.63, 3.8) is 0 Å². The molecule has 1 aliphatic rings. The zero-order valence-electron chi connectivity index (χ0n) is 10.8. The van der Waals surface area contributed by atoms with Crippen molar-refractivity contribution in [2.24, 2.45) is 5.92 Å². The van der Waals surface area contributed by atoms with Gasteiger partial charge in [0.15, 0.2) is 0 Å². The van der Waals surface area contributed by atoms with Crippen LogP contribution in [0.4, 0.5) is 10.1 Å². The summed E-state index contributed by atoms with van der Waals surface area (Å²) in [6.45, 7) is 4.41. The molecule has 18 heavy (non-hydrogen) atoms. The van der Waals surface area contributed by atoms with Gasteiger partial charge in [-0.3, -0.25) is 0 Å². The van der Waals surface area contributed by atoms with Gasteiger partial charge in [0.2, 0.25) is 0 Å². The van der Waals surface area contributed by atoms with E-state index < -0.39 is 6.10 Å². The molecule has 1 saturated heterocycles. The molecule has 0 aliphatic carbocycles. The second kappa shape index (κ2) is 5.24. The first-order chi connectivity index (χ1) is 8.56. The summed E-state index contributed by atoms with van der Waals surface area (Å²) in [5.74, 6) is -0.00240. The van der Waals surface area contributed by atoms with Crippen LogP contribution in [0.15, 0.2) is 18.2 Å². The lowest BCUT2D eigenvalue weighted by molar-refractivity contribution is 0.198. The Hall–Kier alpha value is -1.13. The highest BCUT2D eigenvalue weighted by atomic mass is 19.1. The highest BCUT2D eigenvalue weighted by Gasteiger charge is 2.33. The normalized spacial score (nSPS) is 25.5. The van der Waals surface area contributed by atoms with Crippen LogP contribution in [0, 0.1) is 11.7 Å². The Morgan fingerprint density at radius 3 is 2.83 bits per heavy atom. The van der Waals surface area contributed by atoms with Crippen LogP contribution in [0.3, 0.4) is 0 Å². The summed E-state index contributed by atoms with van der Waals surface area (Å²) in [5, 5.41) is 19.2. The van der Waals surface area contributed by atoms with Gasteiger partial charge < -0.3 is 15.1 Å². The number of hydrogen-bond donors (Lipinski definition) is 2. The van der Waals surface area contributed by atoms with E-state index in [-0.39, 0.29) is 18.5 Å². The summed E-state index contributed by atoms with van der Waals surface area (Å²) in [4.78, 5) is 1.89. The van der Waals surface area contributed by atoms with Crippen molar-refractivity contribution in [3.05, 3.63) is 29.6 Å². The van der Waals surface area contributed by atoms with Gasteiger partial charge in [-0.25, -0.2) is 4.39 Å². The molecule has 100 valence electrons. The van der Waals surface area contributed by atoms with E-state index in [1.165, 1.54) is 6.07 Å². The third-order valence-electron chi connectivity index (χ3n) is 3.82. The van der Waals surface area contributed by atoms with Crippen molar-refractivity contribution < 1.29 is 14.6 Å². The van der Waals surface area contributed by atoms with Gasteiger partial charge in [-0.15, -0.1) is 0 Å². The molecule has 1 fully saturated rings. The van der Waals surface area contributed by atoms with Crippen LogP contribution in [0.1, 0.15) is 31.9 Å².